The minimum Gasteiger partial charge on any atom is -0.296 e. The highest BCUT2D eigenvalue weighted by Crippen LogP contribution is 2.36. The van der Waals surface area contributed by atoms with Crippen LogP contribution in [0.25, 0.3) is 10.2 Å². The molecule has 8 heteroatoms. The highest BCUT2D eigenvalue weighted by atomic mass is 35.5. The van der Waals surface area contributed by atoms with Crippen LogP contribution in [0.15, 0.2) is 24.4 Å². The van der Waals surface area contributed by atoms with Crippen molar-refractivity contribution in [1.82, 2.24) is 14.8 Å². The highest BCUT2D eigenvalue weighted by molar-refractivity contribution is 7.23. The third-order valence-corrected chi connectivity index (χ3v) is 4.46. The number of rotatable bonds is 2. The number of aryl methyl sites for hydroxylation is 1. The Morgan fingerprint density at radius 1 is 1.30 bits per heavy atom. The number of fused-ring (bicyclic) bond motifs is 1. The SMILES string of the molecule is Cn1nccc1C(=O)Nc1nc2c(Cl)ccc(Cl)c2s1. The van der Waals surface area contributed by atoms with Crippen molar-refractivity contribution in [2.45, 2.75) is 0 Å². The summed E-state index contributed by atoms with van der Waals surface area (Å²) in [6.07, 6.45) is 1.56. The maximum atomic E-state index is 12.1. The van der Waals surface area contributed by atoms with Gasteiger partial charge in [-0.05, 0) is 18.2 Å². The zero-order valence-electron chi connectivity index (χ0n) is 10.2. The molecule has 3 aromatic rings. The number of nitrogens with one attached hydrogen (secondary N) is 1. The van der Waals surface area contributed by atoms with Gasteiger partial charge in [-0.25, -0.2) is 4.98 Å². The Morgan fingerprint density at radius 3 is 2.70 bits per heavy atom. The molecule has 1 amide bonds. The quantitative estimate of drug-likeness (QED) is 0.782. The molecule has 2 aromatic heterocycles. The Balaban J connectivity index is 1.96. The maximum Gasteiger partial charge on any atom is 0.275 e. The number of aromatic nitrogens is 3. The van der Waals surface area contributed by atoms with E-state index in [1.807, 2.05) is 0 Å². The molecule has 1 N–H and O–H groups in total. The number of carbonyl (C=O) groups excluding carboxylic acids is 1. The average Bonchev–Trinajstić information content (AvgIpc) is 3.01. The summed E-state index contributed by atoms with van der Waals surface area (Å²) in [5.41, 5.74) is 1.03. The molecule has 0 unspecified atom stereocenters. The van der Waals surface area contributed by atoms with E-state index in [0.29, 0.717) is 26.4 Å². The van der Waals surface area contributed by atoms with Gasteiger partial charge in [0.2, 0.25) is 0 Å². The van der Waals surface area contributed by atoms with E-state index >= 15 is 0 Å². The Labute approximate surface area is 128 Å². The summed E-state index contributed by atoms with van der Waals surface area (Å²) in [4.78, 5) is 16.4. The van der Waals surface area contributed by atoms with Gasteiger partial charge in [0.05, 0.1) is 14.7 Å². The second-order valence-corrected chi connectivity index (χ2v) is 5.83. The number of anilines is 1. The van der Waals surface area contributed by atoms with Crippen LogP contribution in [0.3, 0.4) is 0 Å². The number of hydrogen-bond donors (Lipinski definition) is 1. The van der Waals surface area contributed by atoms with Crippen molar-refractivity contribution in [2.24, 2.45) is 7.05 Å². The molecule has 0 aliphatic carbocycles. The topological polar surface area (TPSA) is 59.8 Å². The smallest absolute Gasteiger partial charge is 0.275 e. The first-order chi connectivity index (χ1) is 9.56. The summed E-state index contributed by atoms with van der Waals surface area (Å²) in [7, 11) is 1.70. The van der Waals surface area contributed by atoms with Crippen molar-refractivity contribution < 1.29 is 4.79 Å². The molecule has 0 bridgehead atoms. The molecule has 0 saturated heterocycles. The van der Waals surface area contributed by atoms with Crippen molar-refractivity contribution in [3.8, 4) is 0 Å². The fourth-order valence-electron chi connectivity index (χ4n) is 1.76. The molecule has 0 atom stereocenters. The largest absolute Gasteiger partial charge is 0.296 e. The molecule has 20 heavy (non-hydrogen) atoms. The molecule has 102 valence electrons. The van der Waals surface area contributed by atoms with Crippen LogP contribution < -0.4 is 5.32 Å². The summed E-state index contributed by atoms with van der Waals surface area (Å²) >= 11 is 13.4. The van der Waals surface area contributed by atoms with E-state index in [1.165, 1.54) is 16.0 Å². The Hall–Kier alpha value is -1.63. The molecule has 0 saturated carbocycles. The molecule has 3 rings (SSSR count). The number of halogens is 2. The van der Waals surface area contributed by atoms with Crippen molar-refractivity contribution in [3.05, 3.63) is 40.1 Å². The maximum absolute atomic E-state index is 12.1. The second kappa shape index (κ2) is 5.05. The first-order valence-corrected chi connectivity index (χ1v) is 7.17. The number of thiazole rings is 1. The predicted molar refractivity (Wildman–Crippen MR) is 80.8 cm³/mol. The van der Waals surface area contributed by atoms with Gasteiger partial charge in [0.25, 0.3) is 5.91 Å². The van der Waals surface area contributed by atoms with E-state index in [4.69, 9.17) is 23.2 Å². The molecule has 1 aromatic carbocycles. The molecular formula is C12H8Cl2N4OS. The van der Waals surface area contributed by atoms with Crippen LogP contribution in [0.2, 0.25) is 10.0 Å². The minimum atomic E-state index is -0.281. The van der Waals surface area contributed by atoms with Gasteiger partial charge in [0.15, 0.2) is 5.13 Å². The van der Waals surface area contributed by atoms with Crippen LogP contribution in [0.4, 0.5) is 5.13 Å². The zero-order valence-corrected chi connectivity index (χ0v) is 12.6. The minimum absolute atomic E-state index is 0.281. The van der Waals surface area contributed by atoms with Gasteiger partial charge in [0, 0.05) is 13.2 Å². The lowest BCUT2D eigenvalue weighted by molar-refractivity contribution is 0.101. The highest BCUT2D eigenvalue weighted by Gasteiger charge is 2.15. The monoisotopic (exact) mass is 326 g/mol. The lowest BCUT2D eigenvalue weighted by Crippen LogP contribution is -2.15. The lowest BCUT2D eigenvalue weighted by Gasteiger charge is -2.00. The number of benzene rings is 1. The predicted octanol–water partition coefficient (Wildman–Crippen LogP) is 3.59. The number of hydrogen-bond acceptors (Lipinski definition) is 4. The number of amides is 1. The fourth-order valence-corrected chi connectivity index (χ4v) is 3.17. The van der Waals surface area contributed by atoms with Crippen LogP contribution in [0.1, 0.15) is 10.5 Å². The van der Waals surface area contributed by atoms with Crippen molar-refractivity contribution in [1.29, 1.82) is 0 Å². The molecule has 0 fully saturated rings. The second-order valence-electron chi connectivity index (χ2n) is 4.02. The lowest BCUT2D eigenvalue weighted by atomic mass is 10.3. The van der Waals surface area contributed by atoms with Crippen molar-refractivity contribution in [3.63, 3.8) is 0 Å². The first kappa shape index (κ1) is 13.4. The van der Waals surface area contributed by atoms with Crippen molar-refractivity contribution in [2.75, 3.05) is 5.32 Å². The van der Waals surface area contributed by atoms with Gasteiger partial charge in [-0.2, -0.15) is 5.10 Å². The van der Waals surface area contributed by atoms with E-state index in [1.54, 1.807) is 31.4 Å². The van der Waals surface area contributed by atoms with Crippen LogP contribution in [0.5, 0.6) is 0 Å². The van der Waals surface area contributed by atoms with Crippen LogP contribution >= 0.6 is 34.5 Å². The average molecular weight is 327 g/mol. The van der Waals surface area contributed by atoms with Crippen LogP contribution in [0, 0.1) is 0 Å². The van der Waals surface area contributed by atoms with Gasteiger partial charge >= 0.3 is 0 Å². The third-order valence-electron chi connectivity index (χ3n) is 2.72. The van der Waals surface area contributed by atoms with E-state index in [-0.39, 0.29) is 5.91 Å². The van der Waals surface area contributed by atoms with Crippen LogP contribution in [-0.2, 0) is 7.05 Å². The summed E-state index contributed by atoms with van der Waals surface area (Å²) in [6, 6.07) is 5.01. The molecular weight excluding hydrogens is 319 g/mol. The molecule has 0 aliphatic heterocycles. The number of nitrogens with zero attached hydrogens (tertiary/aromatic N) is 3. The summed E-state index contributed by atoms with van der Waals surface area (Å²) in [5, 5.41) is 8.17. The molecule has 0 radical (unpaired) electrons. The van der Waals surface area contributed by atoms with Crippen molar-refractivity contribution >= 4 is 55.8 Å². The van der Waals surface area contributed by atoms with E-state index < -0.39 is 0 Å². The van der Waals surface area contributed by atoms with Gasteiger partial charge in [-0.15, -0.1) is 0 Å². The number of carbonyl (C=O) groups is 1. The van der Waals surface area contributed by atoms with Crippen LogP contribution in [-0.4, -0.2) is 20.7 Å². The summed E-state index contributed by atoms with van der Waals surface area (Å²) < 4.78 is 2.24. The van der Waals surface area contributed by atoms with Gasteiger partial charge in [-0.3, -0.25) is 14.8 Å². The Kier molecular flexibility index (Phi) is 3.37. The molecule has 5 nitrogen and oxygen atoms in total. The summed E-state index contributed by atoms with van der Waals surface area (Å²) in [5.74, 6) is -0.281. The molecule has 0 aliphatic rings. The molecule has 0 spiro atoms. The zero-order chi connectivity index (χ0) is 14.3. The fraction of sp³-hybridized carbons (Fsp3) is 0.0833. The molecule has 2 heterocycles. The first-order valence-electron chi connectivity index (χ1n) is 5.60. The Morgan fingerprint density at radius 2 is 2.05 bits per heavy atom. The van der Waals surface area contributed by atoms with Gasteiger partial charge in [0.1, 0.15) is 11.2 Å². The Bertz CT molecular complexity index is 772. The summed E-state index contributed by atoms with van der Waals surface area (Å²) in [6.45, 7) is 0. The normalized spacial score (nSPS) is 10.9. The van der Waals surface area contributed by atoms with E-state index in [2.05, 4.69) is 15.4 Å². The van der Waals surface area contributed by atoms with E-state index in [0.717, 1.165) is 4.70 Å². The standard InChI is InChI=1S/C12H8Cl2N4OS/c1-18-8(4-5-15-18)11(19)17-12-16-9-6(13)2-3-7(14)10(9)20-12/h2-5H,1H3,(H,16,17,19). The van der Waals surface area contributed by atoms with Gasteiger partial charge < -0.3 is 0 Å². The third kappa shape index (κ3) is 2.26. The van der Waals surface area contributed by atoms with Gasteiger partial charge in [-0.1, -0.05) is 34.5 Å². The van der Waals surface area contributed by atoms with E-state index in [9.17, 15) is 4.79 Å².